The van der Waals surface area contributed by atoms with Crippen LogP contribution in [0.15, 0.2) is 58.1 Å². The summed E-state index contributed by atoms with van der Waals surface area (Å²) in [4.78, 5) is 36.0. The van der Waals surface area contributed by atoms with Crippen molar-refractivity contribution in [3.8, 4) is 0 Å². The van der Waals surface area contributed by atoms with Crippen LogP contribution in [0.25, 0.3) is 43.6 Å². The van der Waals surface area contributed by atoms with E-state index in [4.69, 9.17) is 0 Å². The molecule has 2 aromatic heterocycles. The number of rotatable bonds is 6. The van der Waals surface area contributed by atoms with Crippen LogP contribution in [-0.2, 0) is 6.42 Å². The second kappa shape index (κ2) is 8.39. The molecule has 0 amide bonds. The molecule has 0 unspecified atom stereocenters. The molecule has 3 aromatic carbocycles. The molecular weight excluding hydrogens is 410 g/mol. The van der Waals surface area contributed by atoms with Gasteiger partial charge in [0.15, 0.2) is 10.9 Å². The number of nitrogens with zero attached hydrogens (tertiary/aromatic N) is 1. The molecule has 0 aliphatic rings. The van der Waals surface area contributed by atoms with Crippen LogP contribution in [0.2, 0.25) is 0 Å². The zero-order valence-electron chi connectivity index (χ0n) is 19.4. The van der Waals surface area contributed by atoms with Gasteiger partial charge >= 0.3 is 0 Å². The normalized spacial score (nSPS) is 11.7. The van der Waals surface area contributed by atoms with E-state index in [0.29, 0.717) is 32.6 Å². The molecule has 0 bridgehead atoms. The maximum atomic E-state index is 13.6. The summed E-state index contributed by atoms with van der Waals surface area (Å²) in [7, 11) is 0. The maximum absolute atomic E-state index is 13.6. The highest BCUT2D eigenvalue weighted by Crippen LogP contribution is 2.30. The van der Waals surface area contributed by atoms with Crippen molar-refractivity contribution in [2.45, 2.75) is 40.0 Å². The Hall–Kier alpha value is -3.60. The molecule has 5 rings (SSSR count). The van der Waals surface area contributed by atoms with E-state index in [1.807, 2.05) is 42.5 Å². The van der Waals surface area contributed by atoms with Crippen LogP contribution in [0.5, 0.6) is 0 Å². The summed E-state index contributed by atoms with van der Waals surface area (Å²) < 4.78 is 0. The van der Waals surface area contributed by atoms with Crippen molar-refractivity contribution in [3.63, 3.8) is 0 Å². The number of para-hydroxylation sites is 1. The third kappa shape index (κ3) is 3.39. The van der Waals surface area contributed by atoms with Gasteiger partial charge in [0.1, 0.15) is 0 Å². The number of pyridine rings is 2. The fourth-order valence-corrected chi connectivity index (χ4v) is 5.06. The summed E-state index contributed by atoms with van der Waals surface area (Å²) >= 11 is 0. The largest absolute Gasteiger partial charge is 0.371 e. The predicted molar refractivity (Wildman–Crippen MR) is 140 cm³/mol. The van der Waals surface area contributed by atoms with Crippen molar-refractivity contribution in [2.75, 3.05) is 18.0 Å². The number of aromatic amines is 2. The number of benzene rings is 3. The van der Waals surface area contributed by atoms with Crippen LogP contribution in [0.1, 0.15) is 39.2 Å². The summed E-state index contributed by atoms with van der Waals surface area (Å²) in [5.41, 5.74) is 5.34. The molecule has 2 heterocycles. The fraction of sp³-hybridized carbons (Fsp3) is 0.286. The van der Waals surface area contributed by atoms with E-state index < -0.39 is 0 Å². The molecule has 0 saturated heterocycles. The van der Waals surface area contributed by atoms with E-state index in [2.05, 4.69) is 41.7 Å². The van der Waals surface area contributed by atoms with E-state index in [1.165, 1.54) is 5.69 Å². The van der Waals surface area contributed by atoms with Gasteiger partial charge in [-0.2, -0.15) is 0 Å². The Morgan fingerprint density at radius 1 is 0.697 bits per heavy atom. The maximum Gasteiger partial charge on any atom is 0.197 e. The Kier molecular flexibility index (Phi) is 5.41. The summed E-state index contributed by atoms with van der Waals surface area (Å²) in [6.45, 7) is 8.48. The topological polar surface area (TPSA) is 69.0 Å². The molecule has 2 N–H and O–H groups in total. The van der Waals surface area contributed by atoms with Crippen molar-refractivity contribution in [1.29, 1.82) is 0 Å². The average Bonchev–Trinajstić information content (AvgIpc) is 2.83. The molecule has 0 saturated carbocycles. The number of anilines is 1. The molecule has 0 aliphatic carbocycles. The summed E-state index contributed by atoms with van der Waals surface area (Å²) in [5, 5.41) is 2.52. The lowest BCUT2D eigenvalue weighted by Gasteiger charge is -2.27. The highest BCUT2D eigenvalue weighted by atomic mass is 16.1. The molecule has 0 aliphatic heterocycles. The summed E-state index contributed by atoms with van der Waals surface area (Å²) in [6.07, 6.45) is 2.95. The first-order valence-electron chi connectivity index (χ1n) is 11.9. The number of aromatic nitrogens is 2. The Labute approximate surface area is 192 Å². The third-order valence-corrected chi connectivity index (χ3v) is 6.56. The van der Waals surface area contributed by atoms with E-state index >= 15 is 0 Å². The van der Waals surface area contributed by atoms with Crippen molar-refractivity contribution >= 4 is 49.3 Å². The predicted octanol–water partition coefficient (Wildman–Crippen LogP) is 5.86. The Balaban J connectivity index is 1.84. The highest BCUT2D eigenvalue weighted by Gasteiger charge is 2.16. The molecule has 5 nitrogen and oxygen atoms in total. The lowest BCUT2D eigenvalue weighted by molar-refractivity contribution is 0.741. The van der Waals surface area contributed by atoms with E-state index in [0.717, 1.165) is 48.9 Å². The van der Waals surface area contributed by atoms with Crippen molar-refractivity contribution < 1.29 is 0 Å². The zero-order valence-corrected chi connectivity index (χ0v) is 19.4. The van der Waals surface area contributed by atoms with Crippen LogP contribution in [0, 0.1) is 0 Å². The highest BCUT2D eigenvalue weighted by molar-refractivity contribution is 6.03. The Morgan fingerprint density at radius 3 is 2.00 bits per heavy atom. The first-order valence-corrected chi connectivity index (χ1v) is 11.9. The summed E-state index contributed by atoms with van der Waals surface area (Å²) in [5.74, 6) is 0. The van der Waals surface area contributed by atoms with Crippen LogP contribution in [0.4, 0.5) is 5.69 Å². The minimum Gasteiger partial charge on any atom is -0.371 e. The second-order valence-corrected chi connectivity index (χ2v) is 8.72. The lowest BCUT2D eigenvalue weighted by Crippen LogP contribution is -2.26. The number of fused-ring (bicyclic) bond motifs is 4. The molecule has 0 atom stereocenters. The summed E-state index contributed by atoms with van der Waals surface area (Å²) in [6, 6.07) is 15.2. The van der Waals surface area contributed by atoms with Gasteiger partial charge in [-0.25, -0.2) is 0 Å². The molecule has 0 spiro atoms. The van der Waals surface area contributed by atoms with Gasteiger partial charge in [-0.15, -0.1) is 0 Å². The van der Waals surface area contributed by atoms with Gasteiger partial charge in [0.25, 0.3) is 0 Å². The quantitative estimate of drug-likeness (QED) is 0.325. The molecule has 0 radical (unpaired) electrons. The van der Waals surface area contributed by atoms with Gasteiger partial charge in [0.05, 0.1) is 16.6 Å². The van der Waals surface area contributed by atoms with E-state index in [-0.39, 0.29) is 10.9 Å². The van der Waals surface area contributed by atoms with E-state index in [1.54, 1.807) is 0 Å². The van der Waals surface area contributed by atoms with Crippen LogP contribution in [0.3, 0.4) is 0 Å². The van der Waals surface area contributed by atoms with Crippen molar-refractivity contribution in [2.24, 2.45) is 0 Å². The molecule has 5 aromatic rings. The Bertz CT molecular complexity index is 1620. The van der Waals surface area contributed by atoms with Crippen molar-refractivity contribution in [1.82, 2.24) is 9.97 Å². The first kappa shape index (κ1) is 21.3. The lowest BCUT2D eigenvalue weighted by atomic mass is 10.0. The van der Waals surface area contributed by atoms with Gasteiger partial charge < -0.3 is 14.9 Å². The second-order valence-electron chi connectivity index (χ2n) is 8.72. The number of H-pyrrole nitrogens is 2. The van der Waals surface area contributed by atoms with Crippen LogP contribution in [-0.4, -0.2) is 23.1 Å². The van der Waals surface area contributed by atoms with Gasteiger partial charge in [0, 0.05) is 45.8 Å². The standard InChI is InChI=1S/C28H29N3O2/c1-4-13-31(14-5-2)25-12-11-19-26(17(25)6-3)30-24-16-20-23(15-21(24)28(19)33)29-22-10-8-7-9-18(22)27(20)32/h7-12,15-16H,4-6,13-14H2,1-3H3,(H,29,32)(H,30,33). The number of aryl methyl sites for hydroxylation is 1. The van der Waals surface area contributed by atoms with Gasteiger partial charge in [-0.1, -0.05) is 32.9 Å². The van der Waals surface area contributed by atoms with Crippen LogP contribution < -0.4 is 15.8 Å². The first-order chi connectivity index (χ1) is 16.1. The zero-order chi connectivity index (χ0) is 23.1. The third-order valence-electron chi connectivity index (χ3n) is 6.56. The average molecular weight is 440 g/mol. The molecule has 5 heteroatoms. The van der Waals surface area contributed by atoms with Gasteiger partial charge in [-0.05, 0) is 61.2 Å². The molecule has 168 valence electrons. The molecule has 33 heavy (non-hydrogen) atoms. The fourth-order valence-electron chi connectivity index (χ4n) is 5.06. The number of hydrogen-bond acceptors (Lipinski definition) is 3. The minimum absolute atomic E-state index is 0.00607. The minimum atomic E-state index is -0.0243. The smallest absolute Gasteiger partial charge is 0.197 e. The van der Waals surface area contributed by atoms with Gasteiger partial charge in [-0.3, -0.25) is 9.59 Å². The van der Waals surface area contributed by atoms with Crippen LogP contribution >= 0.6 is 0 Å². The van der Waals surface area contributed by atoms with E-state index in [9.17, 15) is 9.59 Å². The molecule has 0 fully saturated rings. The molecular formula is C28H29N3O2. The number of hydrogen-bond donors (Lipinski definition) is 2. The SMILES string of the molecule is CCCN(CCC)c1ccc2c(=O)c3cc4[nH]c5ccccc5c(=O)c4cc3[nH]c2c1CC. The monoisotopic (exact) mass is 439 g/mol. The van der Waals surface area contributed by atoms with Gasteiger partial charge in [0.2, 0.25) is 0 Å². The number of nitrogens with one attached hydrogen (secondary N) is 2. The van der Waals surface area contributed by atoms with Crippen molar-refractivity contribution in [3.05, 3.63) is 74.5 Å². The Morgan fingerprint density at radius 2 is 1.33 bits per heavy atom.